The van der Waals surface area contributed by atoms with Crippen molar-refractivity contribution in [2.24, 2.45) is 0 Å². The van der Waals surface area contributed by atoms with Crippen LogP contribution in [0.2, 0.25) is 0 Å². The van der Waals surface area contributed by atoms with E-state index in [2.05, 4.69) is 0 Å². The number of hydrogen-bond donors (Lipinski definition) is 0. The number of benzene rings is 2. The lowest BCUT2D eigenvalue weighted by Crippen LogP contribution is -1.90. The van der Waals surface area contributed by atoms with Crippen LogP contribution in [0, 0.1) is 5.82 Å². The third kappa shape index (κ3) is 2.38. The molecule has 0 saturated carbocycles. The summed E-state index contributed by atoms with van der Waals surface area (Å²) in [5.74, 6) is 0.178. The minimum atomic E-state index is -0.516. The molecule has 0 fully saturated rings. The molecule has 0 aliphatic heterocycles. The van der Waals surface area contributed by atoms with Crippen LogP contribution in [0.3, 0.4) is 0 Å². The monoisotopic (exact) mass is 217 g/mol. The Balaban J connectivity index is 2.22. The van der Waals surface area contributed by atoms with Gasteiger partial charge in [-0.05, 0) is 29.8 Å². The maximum Gasteiger partial charge on any atom is 0.166 e. The van der Waals surface area contributed by atoms with Crippen molar-refractivity contribution < 1.29 is 14.2 Å². The second-order valence-corrected chi connectivity index (χ2v) is 3.32. The van der Waals surface area contributed by atoms with Crippen LogP contribution in [-0.4, -0.2) is 0 Å². The molecule has 2 rings (SSSR count). The lowest BCUT2D eigenvalue weighted by Gasteiger charge is -2.06. The molecule has 2 aromatic carbocycles. The second kappa shape index (κ2) is 4.77. The van der Waals surface area contributed by atoms with E-state index in [1.807, 2.05) is 6.07 Å². The Morgan fingerprint density at radius 2 is 1.81 bits per heavy atom. The molecular weight excluding hydrogens is 207 g/mol. The van der Waals surface area contributed by atoms with Crippen molar-refractivity contribution in [1.29, 1.82) is 0 Å². The first-order valence-corrected chi connectivity index (χ1v) is 4.89. The summed E-state index contributed by atoms with van der Waals surface area (Å²) in [6.07, 6.45) is 0. The highest BCUT2D eigenvalue weighted by atomic mass is 19.1. The summed E-state index contributed by atoms with van der Waals surface area (Å²) >= 11 is 0. The van der Waals surface area contributed by atoms with Crippen molar-refractivity contribution in [3.63, 3.8) is 0 Å². The highest BCUT2D eigenvalue weighted by Crippen LogP contribution is 2.24. The van der Waals surface area contributed by atoms with Gasteiger partial charge in [0.1, 0.15) is 12.4 Å². The predicted octanol–water partition coefficient (Wildman–Crippen LogP) is 3.55. The molecule has 0 aromatic heterocycles. The van der Waals surface area contributed by atoms with Gasteiger partial charge in [0.25, 0.3) is 0 Å². The molecule has 0 saturated heterocycles. The van der Waals surface area contributed by atoms with E-state index in [4.69, 9.17) is 4.74 Å². The molecule has 0 bridgehead atoms. The zero-order valence-electron chi connectivity index (χ0n) is 8.52. The van der Waals surface area contributed by atoms with E-state index in [0.717, 1.165) is 0 Å². The summed E-state index contributed by atoms with van der Waals surface area (Å²) in [6, 6.07) is 13.2. The standard InChI is InChI=1S/C13H10FO2/c14-12-8-10(9-15)6-7-13(12)16-11-4-2-1-3-5-11/h1-8H,9H2. The summed E-state index contributed by atoms with van der Waals surface area (Å²) in [7, 11) is 0. The molecule has 81 valence electrons. The van der Waals surface area contributed by atoms with Gasteiger partial charge in [-0.2, -0.15) is 0 Å². The highest BCUT2D eigenvalue weighted by molar-refractivity contribution is 5.34. The van der Waals surface area contributed by atoms with Crippen molar-refractivity contribution in [2.45, 2.75) is 6.61 Å². The number of hydrogen-bond acceptors (Lipinski definition) is 1. The summed E-state index contributed by atoms with van der Waals surface area (Å²) < 4.78 is 18.8. The molecule has 0 amide bonds. The summed E-state index contributed by atoms with van der Waals surface area (Å²) in [5.41, 5.74) is 0.415. The molecule has 0 aliphatic rings. The van der Waals surface area contributed by atoms with Crippen LogP contribution in [0.5, 0.6) is 11.5 Å². The highest BCUT2D eigenvalue weighted by Gasteiger charge is 2.05. The molecule has 2 aromatic rings. The topological polar surface area (TPSA) is 29.1 Å². The third-order valence-electron chi connectivity index (χ3n) is 2.13. The normalized spacial score (nSPS) is 10.1. The van der Waals surface area contributed by atoms with E-state index in [9.17, 15) is 9.50 Å². The summed E-state index contributed by atoms with van der Waals surface area (Å²) in [4.78, 5) is 0. The zero-order valence-corrected chi connectivity index (χ0v) is 8.52. The first-order valence-electron chi connectivity index (χ1n) is 4.89. The van der Waals surface area contributed by atoms with Gasteiger partial charge in [-0.1, -0.05) is 24.3 Å². The van der Waals surface area contributed by atoms with Gasteiger partial charge >= 0.3 is 0 Å². The van der Waals surface area contributed by atoms with Gasteiger partial charge in [-0.3, -0.25) is 0 Å². The Hall–Kier alpha value is -1.87. The Labute approximate surface area is 92.9 Å². The molecule has 3 heteroatoms. The summed E-state index contributed by atoms with van der Waals surface area (Å²) in [5, 5.41) is 10.5. The van der Waals surface area contributed by atoms with Gasteiger partial charge in [-0.25, -0.2) is 9.50 Å². The molecule has 2 nitrogen and oxygen atoms in total. The van der Waals surface area contributed by atoms with Gasteiger partial charge in [0.2, 0.25) is 0 Å². The predicted molar refractivity (Wildman–Crippen MR) is 57.3 cm³/mol. The van der Waals surface area contributed by atoms with Crippen molar-refractivity contribution in [2.75, 3.05) is 0 Å². The van der Waals surface area contributed by atoms with Crippen LogP contribution in [0.1, 0.15) is 5.56 Å². The lowest BCUT2D eigenvalue weighted by molar-refractivity contribution is 0.177. The fourth-order valence-electron chi connectivity index (χ4n) is 1.33. The molecule has 0 atom stereocenters. The Bertz CT molecular complexity index is 469. The maximum absolute atomic E-state index is 13.5. The third-order valence-corrected chi connectivity index (χ3v) is 2.13. The largest absolute Gasteiger partial charge is 0.454 e. The fraction of sp³-hybridized carbons (Fsp3) is 0.0769. The van der Waals surface area contributed by atoms with Crippen LogP contribution < -0.4 is 4.74 Å². The molecular formula is C13H10FO2. The zero-order chi connectivity index (χ0) is 11.4. The Kier molecular flexibility index (Phi) is 3.17. The molecule has 0 unspecified atom stereocenters. The van der Waals surface area contributed by atoms with Crippen molar-refractivity contribution in [1.82, 2.24) is 0 Å². The number of halogens is 1. The number of para-hydroxylation sites is 1. The molecule has 0 heterocycles. The van der Waals surface area contributed by atoms with Crippen molar-refractivity contribution >= 4 is 0 Å². The van der Waals surface area contributed by atoms with E-state index in [0.29, 0.717) is 11.3 Å². The van der Waals surface area contributed by atoms with E-state index in [1.165, 1.54) is 12.1 Å². The first kappa shape index (κ1) is 10.6. The smallest absolute Gasteiger partial charge is 0.166 e. The van der Waals surface area contributed by atoms with Crippen LogP contribution in [0.4, 0.5) is 4.39 Å². The molecule has 0 aliphatic carbocycles. The van der Waals surface area contributed by atoms with Gasteiger partial charge in [0.15, 0.2) is 11.6 Å². The van der Waals surface area contributed by atoms with Crippen molar-refractivity contribution in [3.05, 3.63) is 59.9 Å². The van der Waals surface area contributed by atoms with Gasteiger partial charge in [0, 0.05) is 0 Å². The van der Waals surface area contributed by atoms with Crippen LogP contribution in [-0.2, 0) is 11.7 Å². The Morgan fingerprint density at radius 3 is 2.44 bits per heavy atom. The van der Waals surface area contributed by atoms with Gasteiger partial charge in [-0.15, -0.1) is 0 Å². The van der Waals surface area contributed by atoms with Crippen LogP contribution >= 0.6 is 0 Å². The minimum absolute atomic E-state index is 0.128. The minimum Gasteiger partial charge on any atom is -0.454 e. The van der Waals surface area contributed by atoms with E-state index < -0.39 is 12.4 Å². The van der Waals surface area contributed by atoms with Crippen LogP contribution in [0.25, 0.3) is 0 Å². The van der Waals surface area contributed by atoms with Gasteiger partial charge in [0.05, 0.1) is 0 Å². The maximum atomic E-state index is 13.5. The quantitative estimate of drug-likeness (QED) is 0.772. The average molecular weight is 217 g/mol. The SMILES string of the molecule is [O]Cc1ccc(Oc2ccccc2)c(F)c1. The molecule has 0 N–H and O–H groups in total. The van der Waals surface area contributed by atoms with E-state index >= 15 is 0 Å². The van der Waals surface area contributed by atoms with E-state index in [-0.39, 0.29) is 5.75 Å². The molecule has 0 spiro atoms. The lowest BCUT2D eigenvalue weighted by atomic mass is 10.2. The second-order valence-electron chi connectivity index (χ2n) is 3.32. The van der Waals surface area contributed by atoms with Gasteiger partial charge < -0.3 is 4.74 Å². The number of ether oxygens (including phenoxy) is 1. The Morgan fingerprint density at radius 1 is 1.06 bits per heavy atom. The number of rotatable bonds is 3. The average Bonchev–Trinajstić information content (AvgIpc) is 2.33. The van der Waals surface area contributed by atoms with E-state index in [1.54, 1.807) is 30.3 Å². The van der Waals surface area contributed by atoms with Crippen LogP contribution in [0.15, 0.2) is 48.5 Å². The molecule has 1 radical (unpaired) electrons. The van der Waals surface area contributed by atoms with Crippen molar-refractivity contribution in [3.8, 4) is 11.5 Å². The fourth-order valence-corrected chi connectivity index (χ4v) is 1.33. The summed E-state index contributed by atoms with van der Waals surface area (Å²) in [6.45, 7) is -0.428. The molecule has 16 heavy (non-hydrogen) atoms. The first-order chi connectivity index (χ1) is 7.79.